The van der Waals surface area contributed by atoms with Crippen molar-refractivity contribution >= 4 is 30.3 Å². The topological polar surface area (TPSA) is 75.9 Å². The van der Waals surface area contributed by atoms with Crippen molar-refractivity contribution in [2.75, 3.05) is 20.3 Å². The molecule has 0 radical (unpaired) electrons. The van der Waals surface area contributed by atoms with E-state index in [4.69, 9.17) is 10.5 Å². The lowest BCUT2D eigenvalue weighted by molar-refractivity contribution is 0.0351. The summed E-state index contributed by atoms with van der Waals surface area (Å²) in [6.45, 7) is 3.04. The average Bonchev–Trinajstić information content (AvgIpc) is 3.55. The molecular formula is C25H29N3O3S. The van der Waals surface area contributed by atoms with E-state index >= 15 is 0 Å². The quantitative estimate of drug-likeness (QED) is 0.280. The first-order valence-electron chi connectivity index (χ1n) is 10.8. The molecule has 1 saturated heterocycles. The van der Waals surface area contributed by atoms with Crippen LogP contribution < -0.4 is 5.73 Å². The van der Waals surface area contributed by atoms with Crippen LogP contribution in [0.2, 0.25) is 0 Å². The number of nitrogens with zero attached hydrogens (tertiary/aromatic N) is 2. The van der Waals surface area contributed by atoms with Crippen molar-refractivity contribution in [2.45, 2.75) is 42.7 Å². The number of carbonyl (C=O) groups is 2. The molecule has 2 aliphatic rings. The van der Waals surface area contributed by atoms with Crippen LogP contribution in [0, 0.1) is 6.92 Å². The summed E-state index contributed by atoms with van der Waals surface area (Å²) in [5, 5.41) is 0. The van der Waals surface area contributed by atoms with Crippen molar-refractivity contribution in [3.05, 3.63) is 70.9 Å². The molecule has 1 aliphatic heterocycles. The van der Waals surface area contributed by atoms with Crippen LogP contribution in [0.25, 0.3) is 6.08 Å². The number of esters is 1. The van der Waals surface area contributed by atoms with Gasteiger partial charge in [0.1, 0.15) is 0 Å². The molecule has 2 aromatic carbocycles. The van der Waals surface area contributed by atoms with Gasteiger partial charge in [-0.25, -0.2) is 9.10 Å². The molecule has 0 bridgehead atoms. The van der Waals surface area contributed by atoms with Crippen LogP contribution in [0.1, 0.15) is 51.1 Å². The van der Waals surface area contributed by atoms with E-state index < -0.39 is 0 Å². The standard InChI is InChI=1S/C25H29N3O3S/c1-18-6-8-19(9-7-18)24(30)31-17-27(2)14-10-21-20(16-29)4-3-5-22(21)32-28-15-11-23(26)25(28)12-13-25/h3-10,14,16,23H,11-13,15,17,26H2,1-2H3/b14-10-. The van der Waals surface area contributed by atoms with Gasteiger partial charge in [0.25, 0.3) is 0 Å². The first kappa shape index (κ1) is 22.6. The summed E-state index contributed by atoms with van der Waals surface area (Å²) in [6, 6.07) is 13.3. The van der Waals surface area contributed by atoms with E-state index in [2.05, 4.69) is 4.31 Å². The Morgan fingerprint density at radius 1 is 1.28 bits per heavy atom. The minimum Gasteiger partial charge on any atom is -0.441 e. The third-order valence-corrected chi connectivity index (χ3v) is 7.53. The minimum absolute atomic E-state index is 0.110. The van der Waals surface area contributed by atoms with E-state index in [1.807, 2.05) is 56.6 Å². The van der Waals surface area contributed by atoms with E-state index in [9.17, 15) is 9.59 Å². The lowest BCUT2D eigenvalue weighted by Crippen LogP contribution is -2.38. The van der Waals surface area contributed by atoms with Gasteiger partial charge >= 0.3 is 5.97 Å². The lowest BCUT2D eigenvalue weighted by Gasteiger charge is -2.26. The molecule has 1 saturated carbocycles. The first-order valence-corrected chi connectivity index (χ1v) is 11.6. The number of aldehydes is 1. The van der Waals surface area contributed by atoms with Crippen LogP contribution >= 0.6 is 11.9 Å². The molecule has 2 fully saturated rings. The van der Waals surface area contributed by atoms with Gasteiger partial charge in [-0.3, -0.25) is 4.79 Å². The highest BCUT2D eigenvalue weighted by Gasteiger charge is 2.56. The monoisotopic (exact) mass is 451 g/mol. The van der Waals surface area contributed by atoms with Crippen molar-refractivity contribution in [2.24, 2.45) is 5.73 Å². The van der Waals surface area contributed by atoms with Gasteiger partial charge in [0.05, 0.1) is 5.56 Å². The minimum atomic E-state index is -0.366. The maximum absolute atomic E-state index is 12.2. The number of carbonyl (C=O) groups excluding carboxylic acids is 2. The number of benzene rings is 2. The van der Waals surface area contributed by atoms with E-state index in [1.54, 1.807) is 29.0 Å². The predicted octanol–water partition coefficient (Wildman–Crippen LogP) is 4.10. The van der Waals surface area contributed by atoms with E-state index in [0.717, 1.165) is 48.1 Å². The van der Waals surface area contributed by atoms with E-state index in [0.29, 0.717) is 11.1 Å². The molecule has 1 atom stereocenters. The molecule has 4 rings (SSSR count). The van der Waals surface area contributed by atoms with Crippen LogP contribution in [0.5, 0.6) is 0 Å². The molecule has 7 heteroatoms. The van der Waals surface area contributed by atoms with Crippen molar-refractivity contribution in [1.82, 2.24) is 9.21 Å². The van der Waals surface area contributed by atoms with Gasteiger partial charge in [-0.2, -0.15) is 0 Å². The Balaban J connectivity index is 1.43. The van der Waals surface area contributed by atoms with Crippen molar-refractivity contribution < 1.29 is 14.3 Å². The first-order chi connectivity index (χ1) is 15.4. The number of rotatable bonds is 8. The van der Waals surface area contributed by atoms with Crippen LogP contribution in [0.15, 0.2) is 53.6 Å². The van der Waals surface area contributed by atoms with Crippen LogP contribution in [-0.4, -0.2) is 53.4 Å². The van der Waals surface area contributed by atoms with Gasteiger partial charge in [0, 0.05) is 47.4 Å². The Labute approximate surface area is 193 Å². The number of ether oxygens (including phenoxy) is 1. The maximum atomic E-state index is 12.2. The van der Waals surface area contributed by atoms with E-state index in [1.165, 1.54) is 0 Å². The van der Waals surface area contributed by atoms with Crippen LogP contribution in [0.4, 0.5) is 0 Å². The van der Waals surface area contributed by atoms with Gasteiger partial charge in [-0.1, -0.05) is 29.8 Å². The zero-order valence-electron chi connectivity index (χ0n) is 18.5. The van der Waals surface area contributed by atoms with Gasteiger partial charge in [0.15, 0.2) is 13.0 Å². The van der Waals surface area contributed by atoms with Crippen molar-refractivity contribution in [3.63, 3.8) is 0 Å². The molecular weight excluding hydrogens is 422 g/mol. The fourth-order valence-electron chi connectivity index (χ4n) is 4.04. The third kappa shape index (κ3) is 4.75. The zero-order chi connectivity index (χ0) is 22.7. The lowest BCUT2D eigenvalue weighted by atomic mass is 10.1. The highest BCUT2D eigenvalue weighted by atomic mass is 32.2. The molecule has 168 valence electrons. The van der Waals surface area contributed by atoms with E-state index in [-0.39, 0.29) is 24.3 Å². The fraction of sp³-hybridized carbons (Fsp3) is 0.360. The second-order valence-corrected chi connectivity index (χ2v) is 9.63. The van der Waals surface area contributed by atoms with Gasteiger partial charge in [-0.15, -0.1) is 0 Å². The number of aryl methyl sites for hydroxylation is 1. The number of nitrogens with two attached hydrogens (primary N) is 1. The predicted molar refractivity (Wildman–Crippen MR) is 127 cm³/mol. The number of hydrogen-bond donors (Lipinski definition) is 1. The molecule has 6 nitrogen and oxygen atoms in total. The third-order valence-electron chi connectivity index (χ3n) is 6.21. The summed E-state index contributed by atoms with van der Waals surface area (Å²) in [5.41, 5.74) is 9.57. The fourth-order valence-corrected chi connectivity index (χ4v) is 5.39. The molecule has 32 heavy (non-hydrogen) atoms. The molecule has 0 aromatic heterocycles. The summed E-state index contributed by atoms with van der Waals surface area (Å²) in [7, 11) is 1.83. The normalized spacial score (nSPS) is 19.4. The Morgan fingerprint density at radius 2 is 2.03 bits per heavy atom. The second kappa shape index (κ2) is 9.48. The molecule has 1 unspecified atom stereocenters. The maximum Gasteiger partial charge on any atom is 0.339 e. The summed E-state index contributed by atoms with van der Waals surface area (Å²) in [5.74, 6) is -0.366. The van der Waals surface area contributed by atoms with Gasteiger partial charge in [0.2, 0.25) is 0 Å². The molecule has 1 aliphatic carbocycles. The highest BCUT2D eigenvalue weighted by molar-refractivity contribution is 7.97. The van der Waals surface area contributed by atoms with Crippen molar-refractivity contribution in [3.8, 4) is 0 Å². The number of hydrogen-bond acceptors (Lipinski definition) is 7. The summed E-state index contributed by atoms with van der Waals surface area (Å²) in [4.78, 5) is 26.7. The average molecular weight is 452 g/mol. The molecule has 2 aromatic rings. The summed E-state index contributed by atoms with van der Waals surface area (Å²) in [6.07, 6.45) is 7.88. The summed E-state index contributed by atoms with van der Waals surface area (Å²) >= 11 is 1.69. The summed E-state index contributed by atoms with van der Waals surface area (Å²) < 4.78 is 7.79. The smallest absolute Gasteiger partial charge is 0.339 e. The SMILES string of the molecule is Cc1ccc(C(=O)OCN(C)/C=C\c2c(C=O)cccc2SN2CCC(N)C23CC3)cc1. The largest absolute Gasteiger partial charge is 0.441 e. The Morgan fingerprint density at radius 3 is 2.72 bits per heavy atom. The Kier molecular flexibility index (Phi) is 6.69. The molecule has 2 N–H and O–H groups in total. The Hall–Kier alpha value is -2.61. The second-order valence-electron chi connectivity index (χ2n) is 8.57. The highest BCUT2D eigenvalue weighted by Crippen LogP contribution is 2.53. The van der Waals surface area contributed by atoms with Crippen LogP contribution in [-0.2, 0) is 4.74 Å². The van der Waals surface area contributed by atoms with Gasteiger partial charge in [-0.05, 0) is 62.4 Å². The Bertz CT molecular complexity index is 1020. The zero-order valence-corrected chi connectivity index (χ0v) is 19.3. The molecule has 1 spiro atoms. The molecule has 0 amide bonds. The molecule has 1 heterocycles. The van der Waals surface area contributed by atoms with Crippen molar-refractivity contribution in [1.29, 1.82) is 0 Å². The van der Waals surface area contributed by atoms with Crippen LogP contribution in [0.3, 0.4) is 0 Å². The van der Waals surface area contributed by atoms with Gasteiger partial charge < -0.3 is 15.4 Å².